The van der Waals surface area contributed by atoms with Crippen molar-refractivity contribution in [3.8, 4) is 0 Å². The van der Waals surface area contributed by atoms with Crippen LogP contribution >= 0.6 is 27.5 Å². The first-order valence-corrected chi connectivity index (χ1v) is 10.5. The van der Waals surface area contributed by atoms with Gasteiger partial charge in [-0.1, -0.05) is 11.6 Å². The number of carboxylic acids is 1. The second kappa shape index (κ2) is 11.0. The van der Waals surface area contributed by atoms with E-state index >= 15 is 0 Å². The normalized spacial score (nSPS) is 19.6. The van der Waals surface area contributed by atoms with Gasteiger partial charge in [-0.2, -0.15) is 0 Å². The molecule has 30 heavy (non-hydrogen) atoms. The second-order valence-corrected chi connectivity index (χ2v) is 8.25. The first kappa shape index (κ1) is 24.4. The molecule has 1 aliphatic rings. The number of nitrogens with one attached hydrogen (secondary N) is 1. The van der Waals surface area contributed by atoms with Gasteiger partial charge in [0, 0.05) is 16.9 Å². The van der Waals surface area contributed by atoms with Crippen LogP contribution in [0.5, 0.6) is 0 Å². The second-order valence-electron chi connectivity index (χ2n) is 6.99. The summed E-state index contributed by atoms with van der Waals surface area (Å²) in [7, 11) is 0. The van der Waals surface area contributed by atoms with Crippen LogP contribution in [0.25, 0.3) is 10.9 Å². The fourth-order valence-corrected chi connectivity index (χ4v) is 3.40. The van der Waals surface area contributed by atoms with Crippen molar-refractivity contribution in [2.45, 2.75) is 51.0 Å². The zero-order chi connectivity index (χ0) is 22.4. The molecule has 2 heterocycles. The van der Waals surface area contributed by atoms with Crippen molar-refractivity contribution in [3.05, 3.63) is 38.3 Å². The Morgan fingerprint density at radius 2 is 2.10 bits per heavy atom. The number of hydrogen-bond acceptors (Lipinski definition) is 7. The molecule has 0 radical (unpaired) electrons. The number of benzene rings is 1. The number of ketones is 1. The standard InChI is InChI=1S/C16H17BrClN3O3.C3H6O3/c17-11-6-13-10(5-12(11)18)16(24)21(8-20-13)7-9(22)4-14-15(23)2-1-3-19-14;1-2(4)3(5)6/h5-6,8,14-15,19,23H,1-4,7H2;2,4H,1H3,(H,5,6)/t14-,15+;/m0./s1. The fourth-order valence-electron chi connectivity index (χ4n) is 2.91. The molecule has 9 nitrogen and oxygen atoms in total. The van der Waals surface area contributed by atoms with E-state index in [9.17, 15) is 19.5 Å². The highest BCUT2D eigenvalue weighted by Gasteiger charge is 2.25. The van der Waals surface area contributed by atoms with Gasteiger partial charge in [-0.15, -0.1) is 0 Å². The van der Waals surface area contributed by atoms with Crippen LogP contribution in [0.2, 0.25) is 5.02 Å². The average molecular weight is 505 g/mol. The molecule has 2 aromatic rings. The Morgan fingerprint density at radius 1 is 1.43 bits per heavy atom. The highest BCUT2D eigenvalue weighted by molar-refractivity contribution is 9.10. The molecular formula is C19H23BrClN3O6. The number of rotatable bonds is 5. The molecule has 0 amide bonds. The van der Waals surface area contributed by atoms with Crippen LogP contribution in [-0.4, -0.2) is 61.4 Å². The lowest BCUT2D eigenvalue weighted by atomic mass is 9.97. The smallest absolute Gasteiger partial charge is 0.332 e. The van der Waals surface area contributed by atoms with Crippen molar-refractivity contribution in [2.24, 2.45) is 0 Å². The van der Waals surface area contributed by atoms with E-state index in [1.54, 1.807) is 12.1 Å². The number of Topliss-reactive ketones (excluding diaryl/α,β-unsaturated/α-hetero) is 1. The molecule has 1 fully saturated rings. The lowest BCUT2D eigenvalue weighted by Gasteiger charge is -2.28. The van der Waals surface area contributed by atoms with Gasteiger partial charge in [0.2, 0.25) is 0 Å². The summed E-state index contributed by atoms with van der Waals surface area (Å²) >= 11 is 9.33. The van der Waals surface area contributed by atoms with E-state index in [4.69, 9.17) is 21.8 Å². The zero-order valence-electron chi connectivity index (χ0n) is 16.2. The van der Waals surface area contributed by atoms with Crippen LogP contribution in [-0.2, 0) is 16.1 Å². The third-order valence-corrected chi connectivity index (χ3v) is 5.76. The maximum Gasteiger partial charge on any atom is 0.332 e. The van der Waals surface area contributed by atoms with Gasteiger partial charge in [0.15, 0.2) is 5.78 Å². The predicted molar refractivity (Wildman–Crippen MR) is 115 cm³/mol. The van der Waals surface area contributed by atoms with Crippen LogP contribution in [0.3, 0.4) is 0 Å². The van der Waals surface area contributed by atoms with E-state index in [1.807, 2.05) is 0 Å². The summed E-state index contributed by atoms with van der Waals surface area (Å²) in [4.78, 5) is 38.4. The van der Waals surface area contributed by atoms with Crippen LogP contribution in [0.1, 0.15) is 26.2 Å². The van der Waals surface area contributed by atoms with Crippen molar-refractivity contribution in [2.75, 3.05) is 6.54 Å². The number of nitrogens with zero attached hydrogens (tertiary/aromatic N) is 2. The van der Waals surface area contributed by atoms with E-state index in [2.05, 4.69) is 26.2 Å². The summed E-state index contributed by atoms with van der Waals surface area (Å²) in [5, 5.41) is 29.6. The van der Waals surface area contributed by atoms with Gasteiger partial charge in [-0.3, -0.25) is 14.2 Å². The Kier molecular flexibility index (Phi) is 8.92. The lowest BCUT2D eigenvalue weighted by molar-refractivity contribution is -0.145. The summed E-state index contributed by atoms with van der Waals surface area (Å²) in [5.74, 6) is -1.31. The van der Waals surface area contributed by atoms with Gasteiger partial charge in [-0.05, 0) is 54.4 Å². The number of aliphatic hydroxyl groups excluding tert-OH is 2. The maximum absolute atomic E-state index is 12.5. The molecule has 0 saturated carbocycles. The molecule has 1 aromatic carbocycles. The summed E-state index contributed by atoms with van der Waals surface area (Å²) in [6, 6.07) is 2.97. The van der Waals surface area contributed by atoms with E-state index < -0.39 is 18.2 Å². The van der Waals surface area contributed by atoms with Gasteiger partial charge in [0.25, 0.3) is 5.56 Å². The van der Waals surface area contributed by atoms with E-state index in [0.29, 0.717) is 26.8 Å². The van der Waals surface area contributed by atoms with E-state index in [0.717, 1.165) is 13.0 Å². The van der Waals surface area contributed by atoms with Crippen molar-refractivity contribution >= 4 is 50.2 Å². The molecule has 3 rings (SSSR count). The van der Waals surface area contributed by atoms with Crippen molar-refractivity contribution in [3.63, 3.8) is 0 Å². The number of aromatic nitrogens is 2. The molecule has 1 aromatic heterocycles. The Morgan fingerprint density at radius 3 is 2.70 bits per heavy atom. The van der Waals surface area contributed by atoms with E-state index in [1.165, 1.54) is 17.8 Å². The number of aliphatic hydroxyl groups is 2. The van der Waals surface area contributed by atoms with Crippen LogP contribution < -0.4 is 10.9 Å². The molecule has 1 unspecified atom stereocenters. The van der Waals surface area contributed by atoms with Gasteiger partial charge >= 0.3 is 5.97 Å². The van der Waals surface area contributed by atoms with Gasteiger partial charge in [-0.25, -0.2) is 9.78 Å². The SMILES string of the molecule is CC(O)C(=O)O.O=C(C[C@@H]1NCCC[C@H]1O)Cn1cnc2cc(Br)c(Cl)cc2c1=O. The van der Waals surface area contributed by atoms with Gasteiger partial charge < -0.3 is 20.6 Å². The highest BCUT2D eigenvalue weighted by atomic mass is 79.9. The molecule has 164 valence electrons. The van der Waals surface area contributed by atoms with Crippen LogP contribution in [0, 0.1) is 0 Å². The number of halogens is 2. The number of piperidine rings is 1. The Bertz CT molecular complexity index is 981. The molecule has 1 saturated heterocycles. The quantitative estimate of drug-likeness (QED) is 0.478. The molecule has 1 aliphatic heterocycles. The molecule has 4 N–H and O–H groups in total. The number of hydrogen-bond donors (Lipinski definition) is 4. The summed E-state index contributed by atoms with van der Waals surface area (Å²) in [5.41, 5.74) is 0.212. The molecule has 3 atom stereocenters. The summed E-state index contributed by atoms with van der Waals surface area (Å²) in [6.07, 6.45) is 1.39. The first-order valence-electron chi connectivity index (χ1n) is 9.28. The Hall–Kier alpha value is -1.85. The summed E-state index contributed by atoms with van der Waals surface area (Å²) in [6.45, 7) is 1.92. The Balaban J connectivity index is 0.000000469. The minimum absolute atomic E-state index is 0.0691. The number of fused-ring (bicyclic) bond motifs is 1. The number of carbonyl (C=O) groups is 2. The topological polar surface area (TPSA) is 142 Å². The minimum Gasteiger partial charge on any atom is -0.479 e. The van der Waals surface area contributed by atoms with Crippen molar-refractivity contribution in [1.82, 2.24) is 14.9 Å². The molecule has 11 heteroatoms. The molecule has 0 spiro atoms. The maximum atomic E-state index is 12.5. The number of carboxylic acid groups (broad SMARTS) is 1. The van der Waals surface area contributed by atoms with Gasteiger partial charge in [0.05, 0.1) is 34.9 Å². The average Bonchev–Trinajstić information content (AvgIpc) is 2.68. The Labute approximate surface area is 185 Å². The number of aliphatic carboxylic acids is 1. The monoisotopic (exact) mass is 503 g/mol. The molecule has 0 aliphatic carbocycles. The van der Waals surface area contributed by atoms with Crippen LogP contribution in [0.4, 0.5) is 0 Å². The third-order valence-electron chi connectivity index (χ3n) is 4.57. The van der Waals surface area contributed by atoms with Crippen LogP contribution in [0.15, 0.2) is 27.7 Å². The first-order chi connectivity index (χ1) is 14.1. The molecular weight excluding hydrogens is 482 g/mol. The number of carbonyl (C=O) groups excluding carboxylic acids is 1. The van der Waals surface area contributed by atoms with Crippen molar-refractivity contribution in [1.29, 1.82) is 0 Å². The lowest BCUT2D eigenvalue weighted by Crippen LogP contribution is -2.46. The highest BCUT2D eigenvalue weighted by Crippen LogP contribution is 2.25. The van der Waals surface area contributed by atoms with E-state index in [-0.39, 0.29) is 30.3 Å². The van der Waals surface area contributed by atoms with Gasteiger partial charge in [0.1, 0.15) is 6.10 Å². The minimum atomic E-state index is -1.23. The molecule has 0 bridgehead atoms. The summed E-state index contributed by atoms with van der Waals surface area (Å²) < 4.78 is 1.94. The zero-order valence-corrected chi connectivity index (χ0v) is 18.6. The fraction of sp³-hybridized carbons (Fsp3) is 0.474. The van der Waals surface area contributed by atoms with Crippen molar-refractivity contribution < 1.29 is 24.9 Å². The largest absolute Gasteiger partial charge is 0.479 e. The predicted octanol–water partition coefficient (Wildman–Crippen LogP) is 1.34. The third kappa shape index (κ3) is 6.58.